The molecule has 1 aromatic carbocycles. The number of phenolic OH excluding ortho intramolecular Hbond substituents is 1. The van der Waals surface area contributed by atoms with E-state index in [1.807, 2.05) is 12.1 Å². The molecule has 1 amide bonds. The number of hydrogen-bond donors (Lipinski definition) is 2. The minimum Gasteiger partial charge on any atom is -0.505 e. The number of phenols is 1. The van der Waals surface area contributed by atoms with Gasteiger partial charge in [0, 0.05) is 30.6 Å². The van der Waals surface area contributed by atoms with Crippen LogP contribution in [-0.4, -0.2) is 23.0 Å². The summed E-state index contributed by atoms with van der Waals surface area (Å²) in [5.41, 5.74) is 8.96. The fraction of sp³-hybridized carbons (Fsp3) is 0.308. The number of allylic oxidation sites excluding steroid dienone is 1. The molecule has 3 rings (SSSR count). The predicted molar refractivity (Wildman–Crippen MR) is 65.1 cm³/mol. The molecule has 1 aliphatic carbocycles. The van der Waals surface area contributed by atoms with Crippen LogP contribution < -0.4 is 5.73 Å². The lowest BCUT2D eigenvalue weighted by Crippen LogP contribution is -2.19. The molecule has 0 saturated carbocycles. The number of benzene rings is 1. The molecule has 0 spiro atoms. The van der Waals surface area contributed by atoms with Gasteiger partial charge in [-0.2, -0.15) is 0 Å². The predicted octanol–water partition coefficient (Wildman–Crippen LogP) is 1.35. The standard InChI is InChI=1S/C13H14N2O2/c1-15-11-5-7-2-3-10(14)13(17)9(7)4-8(11)6-12(15)16/h2-3,5,8,17H,4,6,14H2,1H3. The summed E-state index contributed by atoms with van der Waals surface area (Å²) in [6, 6.07) is 3.59. The third kappa shape index (κ3) is 1.33. The quantitative estimate of drug-likeness (QED) is 0.522. The number of nitrogens with zero attached hydrogens (tertiary/aromatic N) is 1. The van der Waals surface area contributed by atoms with E-state index >= 15 is 0 Å². The molecule has 1 saturated heterocycles. The second-order valence-electron chi connectivity index (χ2n) is 4.70. The van der Waals surface area contributed by atoms with E-state index in [1.54, 1.807) is 18.0 Å². The first-order valence-corrected chi connectivity index (χ1v) is 5.66. The Labute approximate surface area is 99.3 Å². The number of carbonyl (C=O) groups excluding carboxylic acids is 1. The summed E-state index contributed by atoms with van der Waals surface area (Å²) in [6.45, 7) is 0. The van der Waals surface area contributed by atoms with Gasteiger partial charge in [-0.05, 0) is 24.1 Å². The molecule has 4 nitrogen and oxygen atoms in total. The van der Waals surface area contributed by atoms with E-state index in [2.05, 4.69) is 0 Å². The van der Waals surface area contributed by atoms with E-state index in [4.69, 9.17) is 5.73 Å². The Morgan fingerprint density at radius 2 is 2.18 bits per heavy atom. The summed E-state index contributed by atoms with van der Waals surface area (Å²) >= 11 is 0. The number of nitrogens with two attached hydrogens (primary N) is 1. The topological polar surface area (TPSA) is 66.6 Å². The van der Waals surface area contributed by atoms with Gasteiger partial charge >= 0.3 is 0 Å². The molecule has 2 aliphatic rings. The summed E-state index contributed by atoms with van der Waals surface area (Å²) in [4.78, 5) is 13.4. The smallest absolute Gasteiger partial charge is 0.227 e. The number of carbonyl (C=O) groups is 1. The van der Waals surface area contributed by atoms with Crippen molar-refractivity contribution in [1.82, 2.24) is 4.90 Å². The SMILES string of the molecule is CN1C(=O)CC2Cc3c(ccc(N)c3O)C=C21. The highest BCUT2D eigenvalue weighted by molar-refractivity contribution is 5.85. The van der Waals surface area contributed by atoms with Crippen molar-refractivity contribution < 1.29 is 9.90 Å². The highest BCUT2D eigenvalue weighted by Crippen LogP contribution is 2.41. The van der Waals surface area contributed by atoms with Crippen molar-refractivity contribution in [3.8, 4) is 5.75 Å². The fourth-order valence-corrected chi connectivity index (χ4v) is 2.69. The van der Waals surface area contributed by atoms with Crippen molar-refractivity contribution >= 4 is 17.7 Å². The van der Waals surface area contributed by atoms with E-state index in [1.165, 1.54) is 0 Å². The van der Waals surface area contributed by atoms with Crippen LogP contribution in [0.15, 0.2) is 17.8 Å². The normalized spacial score (nSPS) is 22.2. The third-order valence-electron chi connectivity index (χ3n) is 3.70. The maximum absolute atomic E-state index is 11.6. The number of amides is 1. The van der Waals surface area contributed by atoms with Gasteiger partial charge in [-0.25, -0.2) is 0 Å². The third-order valence-corrected chi connectivity index (χ3v) is 3.70. The monoisotopic (exact) mass is 230 g/mol. The van der Waals surface area contributed by atoms with E-state index < -0.39 is 0 Å². The Balaban J connectivity index is 2.13. The van der Waals surface area contributed by atoms with Gasteiger partial charge in [0.2, 0.25) is 5.91 Å². The summed E-state index contributed by atoms with van der Waals surface area (Å²) in [5, 5.41) is 9.94. The van der Waals surface area contributed by atoms with Gasteiger partial charge in [0.25, 0.3) is 0 Å². The molecule has 1 aliphatic heterocycles. The second-order valence-corrected chi connectivity index (χ2v) is 4.70. The molecule has 1 fully saturated rings. The Hall–Kier alpha value is -1.97. The first-order chi connectivity index (χ1) is 8.08. The van der Waals surface area contributed by atoms with Crippen molar-refractivity contribution in [2.75, 3.05) is 12.8 Å². The lowest BCUT2D eigenvalue weighted by atomic mass is 9.86. The molecule has 88 valence electrons. The Morgan fingerprint density at radius 1 is 1.41 bits per heavy atom. The van der Waals surface area contributed by atoms with Gasteiger partial charge in [0.05, 0.1) is 5.69 Å². The van der Waals surface area contributed by atoms with Gasteiger partial charge in [-0.15, -0.1) is 0 Å². The molecule has 1 atom stereocenters. The zero-order valence-electron chi connectivity index (χ0n) is 9.60. The molecular formula is C13H14N2O2. The van der Waals surface area contributed by atoms with E-state index in [9.17, 15) is 9.90 Å². The van der Waals surface area contributed by atoms with Crippen molar-refractivity contribution in [1.29, 1.82) is 0 Å². The highest BCUT2D eigenvalue weighted by atomic mass is 16.3. The van der Waals surface area contributed by atoms with Crippen molar-refractivity contribution in [3.63, 3.8) is 0 Å². The number of anilines is 1. The molecule has 1 unspecified atom stereocenters. The molecule has 3 N–H and O–H groups in total. The van der Waals surface area contributed by atoms with Gasteiger partial charge in [-0.3, -0.25) is 4.79 Å². The minimum atomic E-state index is 0.140. The number of fused-ring (bicyclic) bond motifs is 2. The Bertz CT molecular complexity index is 549. The van der Waals surface area contributed by atoms with Crippen LogP contribution in [-0.2, 0) is 11.2 Å². The van der Waals surface area contributed by atoms with Gasteiger partial charge in [0.15, 0.2) is 0 Å². The molecule has 17 heavy (non-hydrogen) atoms. The highest BCUT2D eigenvalue weighted by Gasteiger charge is 2.35. The zero-order valence-corrected chi connectivity index (χ0v) is 9.60. The average Bonchev–Trinajstić information content (AvgIpc) is 2.59. The average molecular weight is 230 g/mol. The summed E-state index contributed by atoms with van der Waals surface area (Å²) in [7, 11) is 1.80. The Morgan fingerprint density at radius 3 is 2.94 bits per heavy atom. The zero-order chi connectivity index (χ0) is 12.2. The molecule has 0 bridgehead atoms. The van der Waals surface area contributed by atoms with E-state index in [-0.39, 0.29) is 17.6 Å². The largest absolute Gasteiger partial charge is 0.505 e. The van der Waals surface area contributed by atoms with Crippen LogP contribution >= 0.6 is 0 Å². The molecule has 1 aromatic rings. The first kappa shape index (κ1) is 10.2. The van der Waals surface area contributed by atoms with Crippen LogP contribution in [0, 0.1) is 5.92 Å². The summed E-state index contributed by atoms with van der Waals surface area (Å²) < 4.78 is 0. The van der Waals surface area contributed by atoms with Gasteiger partial charge in [0.1, 0.15) is 5.75 Å². The van der Waals surface area contributed by atoms with Crippen LogP contribution in [0.25, 0.3) is 6.08 Å². The number of aromatic hydroxyl groups is 1. The first-order valence-electron chi connectivity index (χ1n) is 5.66. The summed E-state index contributed by atoms with van der Waals surface area (Å²) in [5.74, 6) is 0.494. The van der Waals surface area contributed by atoms with Crippen LogP contribution in [0.3, 0.4) is 0 Å². The van der Waals surface area contributed by atoms with E-state index in [0.29, 0.717) is 18.5 Å². The van der Waals surface area contributed by atoms with E-state index in [0.717, 1.165) is 16.8 Å². The fourth-order valence-electron chi connectivity index (χ4n) is 2.69. The van der Waals surface area contributed by atoms with Crippen LogP contribution in [0.4, 0.5) is 5.69 Å². The van der Waals surface area contributed by atoms with Gasteiger partial charge in [-0.1, -0.05) is 6.07 Å². The number of hydrogen-bond acceptors (Lipinski definition) is 3. The molecular weight excluding hydrogens is 216 g/mol. The van der Waals surface area contributed by atoms with Gasteiger partial charge < -0.3 is 15.7 Å². The number of rotatable bonds is 0. The Kier molecular flexibility index (Phi) is 1.96. The molecule has 1 heterocycles. The van der Waals surface area contributed by atoms with Crippen LogP contribution in [0.5, 0.6) is 5.75 Å². The maximum atomic E-state index is 11.6. The van der Waals surface area contributed by atoms with Crippen LogP contribution in [0.2, 0.25) is 0 Å². The van der Waals surface area contributed by atoms with Crippen LogP contribution in [0.1, 0.15) is 17.5 Å². The number of nitrogen functional groups attached to an aromatic ring is 1. The summed E-state index contributed by atoms with van der Waals surface area (Å²) in [6.07, 6.45) is 3.19. The molecule has 4 heteroatoms. The maximum Gasteiger partial charge on any atom is 0.227 e. The van der Waals surface area contributed by atoms with Crippen molar-refractivity contribution in [2.45, 2.75) is 12.8 Å². The minimum absolute atomic E-state index is 0.140. The second kappa shape index (κ2) is 3.26. The lowest BCUT2D eigenvalue weighted by Gasteiger charge is -2.23. The molecule has 0 radical (unpaired) electrons. The van der Waals surface area contributed by atoms with Crippen molar-refractivity contribution in [3.05, 3.63) is 29.0 Å². The lowest BCUT2D eigenvalue weighted by molar-refractivity contribution is -0.125. The van der Waals surface area contributed by atoms with Crippen molar-refractivity contribution in [2.24, 2.45) is 5.92 Å². The molecule has 0 aromatic heterocycles. The number of likely N-dealkylation sites (tertiary alicyclic amines) is 1.